The molecule has 0 radical (unpaired) electrons. The molecule has 1 atom stereocenters. The predicted octanol–water partition coefficient (Wildman–Crippen LogP) is 5.07. The molecule has 8 nitrogen and oxygen atoms in total. The van der Waals surface area contributed by atoms with Crippen LogP contribution in [0.1, 0.15) is 34.1 Å². The third kappa shape index (κ3) is 4.41. The van der Waals surface area contributed by atoms with Gasteiger partial charge in [-0.15, -0.1) is 0 Å². The van der Waals surface area contributed by atoms with Crippen molar-refractivity contribution in [1.82, 2.24) is 5.01 Å². The van der Waals surface area contributed by atoms with Crippen LogP contribution in [0.25, 0.3) is 0 Å². The second-order valence-corrected chi connectivity index (χ2v) is 7.98. The first-order chi connectivity index (χ1) is 16.0. The second kappa shape index (κ2) is 9.58. The van der Waals surface area contributed by atoms with Crippen LogP contribution in [0.15, 0.2) is 62.7 Å². The third-order valence-corrected chi connectivity index (χ3v) is 5.84. The molecule has 0 fully saturated rings. The molecule has 1 aliphatic rings. The van der Waals surface area contributed by atoms with Gasteiger partial charge in [0.2, 0.25) is 0 Å². The number of hydrazone groups is 1. The number of hydrogen-bond acceptors (Lipinski definition) is 7. The molecule has 0 unspecified atom stereocenters. The van der Waals surface area contributed by atoms with Gasteiger partial charge in [0.05, 0.1) is 40.2 Å². The lowest BCUT2D eigenvalue weighted by Crippen LogP contribution is -2.27. The Hall–Kier alpha value is -3.46. The Morgan fingerprint density at radius 1 is 0.939 bits per heavy atom. The third-order valence-electron chi connectivity index (χ3n) is 5.42. The number of rotatable bonds is 7. The molecule has 2 aromatic carbocycles. The van der Waals surface area contributed by atoms with Crippen molar-refractivity contribution in [2.24, 2.45) is 5.10 Å². The molecule has 1 aromatic heterocycles. The first-order valence-electron chi connectivity index (χ1n) is 10.1. The lowest BCUT2D eigenvalue weighted by atomic mass is 9.97. The van der Waals surface area contributed by atoms with Crippen LogP contribution in [0.3, 0.4) is 0 Å². The Morgan fingerprint density at radius 2 is 1.67 bits per heavy atom. The smallest absolute Gasteiger partial charge is 0.310 e. The molecule has 0 saturated heterocycles. The van der Waals surface area contributed by atoms with Gasteiger partial charge in [-0.3, -0.25) is 4.79 Å². The molecule has 0 spiro atoms. The minimum absolute atomic E-state index is 0.172. The van der Waals surface area contributed by atoms with Crippen LogP contribution in [0.2, 0.25) is 0 Å². The number of carbonyl (C=O) groups is 1. The normalized spacial score (nSPS) is 15.2. The molecule has 4 rings (SSSR count). The van der Waals surface area contributed by atoms with Gasteiger partial charge in [-0.05, 0) is 64.5 Å². The minimum Gasteiger partial charge on any atom is -0.497 e. The van der Waals surface area contributed by atoms with Crippen LogP contribution in [-0.2, 0) is 0 Å². The van der Waals surface area contributed by atoms with Gasteiger partial charge >= 0.3 is 5.91 Å². The van der Waals surface area contributed by atoms with Crippen LogP contribution in [0, 0.1) is 0 Å². The van der Waals surface area contributed by atoms with Crippen LogP contribution in [0.4, 0.5) is 0 Å². The van der Waals surface area contributed by atoms with Crippen molar-refractivity contribution < 1.29 is 28.2 Å². The summed E-state index contributed by atoms with van der Waals surface area (Å²) in [5.74, 6) is 2.27. The summed E-state index contributed by atoms with van der Waals surface area (Å²) in [6.45, 7) is 0. The molecule has 0 saturated carbocycles. The molecule has 0 N–H and O–H groups in total. The highest BCUT2D eigenvalue weighted by Crippen LogP contribution is 2.41. The largest absolute Gasteiger partial charge is 0.497 e. The summed E-state index contributed by atoms with van der Waals surface area (Å²) in [6, 6.07) is 13.9. The summed E-state index contributed by atoms with van der Waals surface area (Å²) >= 11 is 3.25. The zero-order valence-corrected chi connectivity index (χ0v) is 20.2. The van der Waals surface area contributed by atoms with Crippen molar-refractivity contribution in [1.29, 1.82) is 0 Å². The lowest BCUT2D eigenvalue weighted by Gasteiger charge is -2.23. The fourth-order valence-electron chi connectivity index (χ4n) is 3.77. The SMILES string of the molecule is COc1ccc(OC)c([C@H]2CC(c3ccc(OC)c(OC)c3)=NN2C(=O)c2ccc(Br)o2)c1. The van der Waals surface area contributed by atoms with Crippen molar-refractivity contribution in [2.45, 2.75) is 12.5 Å². The highest BCUT2D eigenvalue weighted by atomic mass is 79.9. The van der Waals surface area contributed by atoms with E-state index in [4.69, 9.17) is 28.5 Å². The number of benzene rings is 2. The molecule has 172 valence electrons. The molecule has 33 heavy (non-hydrogen) atoms. The van der Waals surface area contributed by atoms with E-state index < -0.39 is 6.04 Å². The van der Waals surface area contributed by atoms with Crippen molar-refractivity contribution >= 4 is 27.5 Å². The van der Waals surface area contributed by atoms with E-state index in [1.807, 2.05) is 36.4 Å². The molecule has 9 heteroatoms. The zero-order chi connectivity index (χ0) is 23.5. The van der Waals surface area contributed by atoms with E-state index in [-0.39, 0.29) is 11.7 Å². The lowest BCUT2D eigenvalue weighted by molar-refractivity contribution is 0.0675. The molecular weight excluding hydrogens is 492 g/mol. The maximum Gasteiger partial charge on any atom is 0.310 e. The minimum atomic E-state index is -0.436. The highest BCUT2D eigenvalue weighted by Gasteiger charge is 2.37. The van der Waals surface area contributed by atoms with Gasteiger partial charge in [-0.1, -0.05) is 0 Å². The van der Waals surface area contributed by atoms with Crippen LogP contribution >= 0.6 is 15.9 Å². The first kappa shape index (κ1) is 22.7. The van der Waals surface area contributed by atoms with Crippen LogP contribution in [-0.4, -0.2) is 45.1 Å². The standard InChI is InChI=1S/C24H23BrN2O6/c1-29-15-6-8-19(30-2)16(12-15)18-13-17(14-5-7-20(31-3)22(11-14)32-4)26-27(18)24(28)21-9-10-23(25)33-21/h5-12,18H,13H2,1-4H3/t18-/m1/s1. The molecule has 3 aromatic rings. The van der Waals surface area contributed by atoms with Crippen LogP contribution in [0.5, 0.6) is 23.0 Å². The summed E-state index contributed by atoms with van der Waals surface area (Å²) in [5, 5.41) is 6.12. The van der Waals surface area contributed by atoms with Gasteiger partial charge in [-0.2, -0.15) is 5.10 Å². The number of nitrogens with zero attached hydrogens (tertiary/aromatic N) is 2. The van der Waals surface area contributed by atoms with Crippen molar-refractivity contribution in [3.8, 4) is 23.0 Å². The summed E-state index contributed by atoms with van der Waals surface area (Å²) in [5.41, 5.74) is 2.30. The Bertz CT molecular complexity index is 1210. The first-order valence-corrected chi connectivity index (χ1v) is 10.9. The summed E-state index contributed by atoms with van der Waals surface area (Å²) < 4.78 is 27.8. The fourth-order valence-corrected chi connectivity index (χ4v) is 4.08. The number of carbonyl (C=O) groups excluding carboxylic acids is 1. The van der Waals surface area contributed by atoms with E-state index >= 15 is 0 Å². The summed E-state index contributed by atoms with van der Waals surface area (Å²) in [7, 11) is 6.34. The van der Waals surface area contributed by atoms with Gasteiger partial charge in [0.1, 0.15) is 11.5 Å². The van der Waals surface area contributed by atoms with Crippen molar-refractivity contribution in [3.63, 3.8) is 0 Å². The average Bonchev–Trinajstić information content (AvgIpc) is 3.49. The number of ether oxygens (including phenoxy) is 4. The Morgan fingerprint density at radius 3 is 2.30 bits per heavy atom. The van der Waals surface area contributed by atoms with Gasteiger partial charge < -0.3 is 23.4 Å². The van der Waals surface area contributed by atoms with E-state index in [0.29, 0.717) is 39.8 Å². The van der Waals surface area contributed by atoms with Gasteiger partial charge in [0.15, 0.2) is 21.9 Å². The number of amides is 1. The average molecular weight is 515 g/mol. The number of halogens is 1. The number of methoxy groups -OCH3 is 4. The van der Waals surface area contributed by atoms with E-state index in [1.54, 1.807) is 40.6 Å². The quantitative estimate of drug-likeness (QED) is 0.437. The van der Waals surface area contributed by atoms with Gasteiger partial charge in [0.25, 0.3) is 0 Å². The topological polar surface area (TPSA) is 82.7 Å². The maximum absolute atomic E-state index is 13.4. The molecule has 1 amide bonds. The fraction of sp³-hybridized carbons (Fsp3) is 0.250. The van der Waals surface area contributed by atoms with E-state index in [9.17, 15) is 4.79 Å². The van der Waals surface area contributed by atoms with E-state index in [0.717, 1.165) is 11.1 Å². The molecular formula is C24H23BrN2O6. The van der Waals surface area contributed by atoms with E-state index in [2.05, 4.69) is 15.9 Å². The van der Waals surface area contributed by atoms with Crippen molar-refractivity contribution in [3.05, 3.63) is 70.1 Å². The summed E-state index contributed by atoms with van der Waals surface area (Å²) in [4.78, 5) is 13.4. The number of furan rings is 1. The Kier molecular flexibility index (Phi) is 6.60. The molecule has 2 heterocycles. The monoisotopic (exact) mass is 514 g/mol. The molecule has 1 aliphatic heterocycles. The van der Waals surface area contributed by atoms with Crippen LogP contribution < -0.4 is 18.9 Å². The van der Waals surface area contributed by atoms with E-state index in [1.165, 1.54) is 5.01 Å². The Balaban J connectivity index is 1.79. The second-order valence-electron chi connectivity index (χ2n) is 7.20. The van der Waals surface area contributed by atoms with Gasteiger partial charge in [0, 0.05) is 17.5 Å². The maximum atomic E-state index is 13.4. The van der Waals surface area contributed by atoms with Gasteiger partial charge in [-0.25, -0.2) is 5.01 Å². The number of hydrogen-bond donors (Lipinski definition) is 0. The molecule has 0 aliphatic carbocycles. The predicted molar refractivity (Wildman–Crippen MR) is 126 cm³/mol. The zero-order valence-electron chi connectivity index (χ0n) is 18.6. The summed E-state index contributed by atoms with van der Waals surface area (Å²) in [6.07, 6.45) is 0.451. The molecule has 0 bridgehead atoms. The van der Waals surface area contributed by atoms with Crippen molar-refractivity contribution in [2.75, 3.05) is 28.4 Å². The Labute approximate surface area is 199 Å². The highest BCUT2D eigenvalue weighted by molar-refractivity contribution is 9.10.